The first-order chi connectivity index (χ1) is 8.69. The summed E-state index contributed by atoms with van der Waals surface area (Å²) in [4.78, 5) is 7.36. The largest absolute Gasteiger partial charge is 0.497 e. The summed E-state index contributed by atoms with van der Waals surface area (Å²) in [6, 6.07) is 8.95. The van der Waals surface area contributed by atoms with Gasteiger partial charge in [-0.3, -0.25) is 0 Å². The second kappa shape index (κ2) is 5.44. The molecule has 1 aromatic heterocycles. The Morgan fingerprint density at radius 2 is 1.94 bits per heavy atom. The summed E-state index contributed by atoms with van der Waals surface area (Å²) in [6.07, 6.45) is 1.19. The Balaban J connectivity index is 2.09. The summed E-state index contributed by atoms with van der Waals surface area (Å²) in [7, 11) is 1.63. The third kappa shape index (κ3) is 2.94. The zero-order valence-electron chi connectivity index (χ0n) is 10.2. The van der Waals surface area contributed by atoms with Gasteiger partial charge in [0.15, 0.2) is 0 Å². The molecule has 18 heavy (non-hydrogen) atoms. The van der Waals surface area contributed by atoms with E-state index in [4.69, 9.17) is 4.74 Å². The number of ether oxygens (including phenoxy) is 1. The first-order valence-electron chi connectivity index (χ1n) is 5.57. The predicted octanol–water partition coefficient (Wildman–Crippen LogP) is 2.80. The maximum Gasteiger partial charge on any atom is 0.217 e. The van der Waals surface area contributed by atoms with Gasteiger partial charge in [0.2, 0.25) is 5.95 Å². The standard InChI is InChI=1S/C13H14FN3O/c1-9(10-3-5-11(18-2)6-4-10)17-13-7-12(14)15-8-16-13/h3-9H,1-2H3,(H,15,16,17). The van der Waals surface area contributed by atoms with E-state index in [1.165, 1.54) is 12.4 Å². The molecule has 4 nitrogen and oxygen atoms in total. The van der Waals surface area contributed by atoms with Crippen molar-refractivity contribution >= 4 is 5.82 Å². The van der Waals surface area contributed by atoms with Gasteiger partial charge in [-0.2, -0.15) is 4.39 Å². The molecular weight excluding hydrogens is 233 g/mol. The molecule has 1 heterocycles. The van der Waals surface area contributed by atoms with Crippen molar-refractivity contribution in [3.05, 3.63) is 48.2 Å². The molecule has 1 N–H and O–H groups in total. The highest BCUT2D eigenvalue weighted by Gasteiger charge is 2.06. The molecule has 5 heteroatoms. The minimum atomic E-state index is -0.547. The van der Waals surface area contributed by atoms with Gasteiger partial charge >= 0.3 is 0 Å². The lowest BCUT2D eigenvalue weighted by atomic mass is 10.1. The minimum absolute atomic E-state index is 0.0187. The Bertz CT molecular complexity index is 516. The average molecular weight is 247 g/mol. The van der Waals surface area contributed by atoms with Crippen LogP contribution in [-0.2, 0) is 0 Å². The van der Waals surface area contributed by atoms with E-state index < -0.39 is 5.95 Å². The van der Waals surface area contributed by atoms with Crippen molar-refractivity contribution in [1.82, 2.24) is 9.97 Å². The lowest BCUT2D eigenvalue weighted by molar-refractivity contribution is 0.414. The van der Waals surface area contributed by atoms with Crippen molar-refractivity contribution in [2.75, 3.05) is 12.4 Å². The number of anilines is 1. The van der Waals surface area contributed by atoms with Crippen LogP contribution in [0.4, 0.5) is 10.2 Å². The van der Waals surface area contributed by atoms with E-state index in [2.05, 4.69) is 15.3 Å². The molecule has 0 fully saturated rings. The third-order valence-electron chi connectivity index (χ3n) is 2.61. The predicted molar refractivity (Wildman–Crippen MR) is 67.0 cm³/mol. The number of nitrogens with zero attached hydrogens (tertiary/aromatic N) is 2. The Hall–Kier alpha value is -2.17. The van der Waals surface area contributed by atoms with Gasteiger partial charge in [-0.25, -0.2) is 9.97 Å². The minimum Gasteiger partial charge on any atom is -0.497 e. The van der Waals surface area contributed by atoms with E-state index in [9.17, 15) is 4.39 Å². The fourth-order valence-electron chi connectivity index (χ4n) is 1.61. The van der Waals surface area contributed by atoms with E-state index >= 15 is 0 Å². The van der Waals surface area contributed by atoms with E-state index in [0.717, 1.165) is 11.3 Å². The van der Waals surface area contributed by atoms with Gasteiger partial charge in [0, 0.05) is 12.1 Å². The Morgan fingerprint density at radius 1 is 1.22 bits per heavy atom. The summed E-state index contributed by atoms with van der Waals surface area (Å²) < 4.78 is 18.0. The molecule has 0 radical (unpaired) electrons. The zero-order valence-corrected chi connectivity index (χ0v) is 10.2. The van der Waals surface area contributed by atoms with Gasteiger partial charge in [-0.05, 0) is 24.6 Å². The number of nitrogens with one attached hydrogen (secondary N) is 1. The Morgan fingerprint density at radius 3 is 2.56 bits per heavy atom. The molecule has 1 unspecified atom stereocenters. The maximum atomic E-state index is 12.9. The number of halogens is 1. The van der Waals surface area contributed by atoms with Crippen LogP contribution in [0.3, 0.4) is 0 Å². The van der Waals surface area contributed by atoms with Crippen LogP contribution in [-0.4, -0.2) is 17.1 Å². The monoisotopic (exact) mass is 247 g/mol. The summed E-state index contributed by atoms with van der Waals surface area (Å²) in [5, 5.41) is 3.10. The molecule has 0 saturated carbocycles. The lowest BCUT2D eigenvalue weighted by Gasteiger charge is -2.15. The van der Waals surface area contributed by atoms with Crippen LogP contribution in [0.2, 0.25) is 0 Å². The first-order valence-corrected chi connectivity index (χ1v) is 5.57. The molecule has 0 bridgehead atoms. The SMILES string of the molecule is COc1ccc(C(C)Nc2cc(F)ncn2)cc1. The van der Waals surface area contributed by atoms with E-state index in [-0.39, 0.29) is 6.04 Å². The van der Waals surface area contributed by atoms with Crippen LogP contribution in [0.15, 0.2) is 36.7 Å². The number of hydrogen-bond donors (Lipinski definition) is 1. The van der Waals surface area contributed by atoms with Gasteiger partial charge < -0.3 is 10.1 Å². The zero-order chi connectivity index (χ0) is 13.0. The topological polar surface area (TPSA) is 47.0 Å². The molecular formula is C13H14FN3O. The number of benzene rings is 1. The van der Waals surface area contributed by atoms with Crippen LogP contribution in [0.1, 0.15) is 18.5 Å². The lowest BCUT2D eigenvalue weighted by Crippen LogP contribution is -2.08. The van der Waals surface area contributed by atoms with E-state index in [1.54, 1.807) is 7.11 Å². The Labute approximate surface area is 105 Å². The van der Waals surface area contributed by atoms with Crippen molar-refractivity contribution in [2.45, 2.75) is 13.0 Å². The fourth-order valence-corrected chi connectivity index (χ4v) is 1.61. The van der Waals surface area contributed by atoms with Gasteiger partial charge in [0.25, 0.3) is 0 Å². The van der Waals surface area contributed by atoms with E-state index in [1.807, 2.05) is 31.2 Å². The summed E-state index contributed by atoms with van der Waals surface area (Å²) in [6.45, 7) is 1.97. The summed E-state index contributed by atoms with van der Waals surface area (Å²) >= 11 is 0. The van der Waals surface area contributed by atoms with Crippen LogP contribution in [0.25, 0.3) is 0 Å². The quantitative estimate of drug-likeness (QED) is 0.844. The van der Waals surface area contributed by atoms with Gasteiger partial charge in [-0.1, -0.05) is 12.1 Å². The average Bonchev–Trinajstić information content (AvgIpc) is 2.39. The van der Waals surface area contributed by atoms with Gasteiger partial charge in [0.1, 0.15) is 17.9 Å². The molecule has 0 amide bonds. The normalized spacial score (nSPS) is 11.9. The number of hydrogen-bond acceptors (Lipinski definition) is 4. The van der Waals surface area contributed by atoms with Crippen molar-refractivity contribution in [2.24, 2.45) is 0 Å². The van der Waals surface area contributed by atoms with Crippen LogP contribution >= 0.6 is 0 Å². The molecule has 2 rings (SSSR count). The van der Waals surface area contributed by atoms with Crippen molar-refractivity contribution in [3.8, 4) is 5.75 Å². The summed E-state index contributed by atoms with van der Waals surface area (Å²) in [5.41, 5.74) is 1.06. The van der Waals surface area contributed by atoms with Gasteiger partial charge in [-0.15, -0.1) is 0 Å². The van der Waals surface area contributed by atoms with Crippen LogP contribution in [0, 0.1) is 5.95 Å². The fraction of sp³-hybridized carbons (Fsp3) is 0.231. The van der Waals surface area contributed by atoms with Crippen LogP contribution < -0.4 is 10.1 Å². The highest BCUT2D eigenvalue weighted by molar-refractivity contribution is 5.38. The second-order valence-electron chi connectivity index (χ2n) is 3.87. The number of aromatic nitrogens is 2. The van der Waals surface area contributed by atoms with Crippen molar-refractivity contribution in [1.29, 1.82) is 0 Å². The molecule has 0 aliphatic heterocycles. The number of methoxy groups -OCH3 is 1. The Kier molecular flexibility index (Phi) is 3.72. The second-order valence-corrected chi connectivity index (χ2v) is 3.87. The highest BCUT2D eigenvalue weighted by Crippen LogP contribution is 2.20. The third-order valence-corrected chi connectivity index (χ3v) is 2.61. The maximum absolute atomic E-state index is 12.9. The molecule has 1 atom stereocenters. The number of rotatable bonds is 4. The van der Waals surface area contributed by atoms with E-state index in [0.29, 0.717) is 5.82 Å². The molecule has 0 saturated heterocycles. The molecule has 2 aromatic rings. The van der Waals surface area contributed by atoms with Crippen molar-refractivity contribution in [3.63, 3.8) is 0 Å². The molecule has 0 aliphatic carbocycles. The molecule has 94 valence electrons. The van der Waals surface area contributed by atoms with Crippen LogP contribution in [0.5, 0.6) is 5.75 Å². The summed E-state index contributed by atoms with van der Waals surface area (Å²) in [5.74, 6) is 0.722. The highest BCUT2D eigenvalue weighted by atomic mass is 19.1. The first kappa shape index (κ1) is 12.3. The molecule has 0 aliphatic rings. The molecule has 0 spiro atoms. The smallest absolute Gasteiger partial charge is 0.217 e. The molecule has 1 aromatic carbocycles. The van der Waals surface area contributed by atoms with Gasteiger partial charge in [0.05, 0.1) is 7.11 Å². The van der Waals surface area contributed by atoms with Crippen molar-refractivity contribution < 1.29 is 9.13 Å².